The van der Waals surface area contributed by atoms with E-state index in [9.17, 15) is 14.5 Å². The van der Waals surface area contributed by atoms with Gasteiger partial charge in [0.05, 0.1) is 43.1 Å². The van der Waals surface area contributed by atoms with Crippen LogP contribution in [-0.4, -0.2) is 49.5 Å². The van der Waals surface area contributed by atoms with Gasteiger partial charge in [-0.1, -0.05) is 0 Å². The Balaban J connectivity index is 2.34. The molecule has 20 heavy (non-hydrogen) atoms. The number of anilines is 1. The van der Waals surface area contributed by atoms with Crippen LogP contribution in [-0.2, 0) is 4.74 Å². The Kier molecular flexibility index (Phi) is 4.35. The first kappa shape index (κ1) is 14.5. The van der Waals surface area contributed by atoms with Crippen LogP contribution in [0.25, 0.3) is 0 Å². The summed E-state index contributed by atoms with van der Waals surface area (Å²) in [6.45, 7) is 0.939. The van der Waals surface area contributed by atoms with E-state index in [-0.39, 0.29) is 18.0 Å². The zero-order chi connectivity index (χ0) is 14.7. The molecule has 1 fully saturated rings. The van der Waals surface area contributed by atoms with Crippen molar-refractivity contribution in [3.8, 4) is 5.75 Å². The molecular weight excluding hydrogens is 271 g/mol. The summed E-state index contributed by atoms with van der Waals surface area (Å²) in [6.07, 6.45) is -0.399. The predicted molar refractivity (Wildman–Crippen MR) is 68.6 cm³/mol. The Labute approximate surface area is 114 Å². The van der Waals surface area contributed by atoms with Crippen LogP contribution in [0.2, 0.25) is 0 Å². The van der Waals surface area contributed by atoms with Crippen molar-refractivity contribution in [1.29, 1.82) is 0 Å². The fourth-order valence-corrected chi connectivity index (χ4v) is 2.13. The van der Waals surface area contributed by atoms with Gasteiger partial charge >= 0.3 is 5.69 Å². The maximum absolute atomic E-state index is 14.0. The monoisotopic (exact) mass is 286 g/mol. The second-order valence-electron chi connectivity index (χ2n) is 4.35. The lowest BCUT2D eigenvalue weighted by atomic mass is 10.2. The molecule has 7 nitrogen and oxygen atoms in total. The largest absolute Gasteiger partial charge is 0.490 e. The number of ether oxygens (including phenoxy) is 2. The molecule has 1 atom stereocenters. The number of hydrogen-bond acceptors (Lipinski definition) is 6. The Morgan fingerprint density at radius 2 is 2.40 bits per heavy atom. The molecule has 1 aromatic carbocycles. The molecule has 8 heteroatoms. The lowest BCUT2D eigenvalue weighted by Crippen LogP contribution is -2.44. The van der Waals surface area contributed by atoms with Gasteiger partial charge in [0.2, 0.25) is 0 Å². The zero-order valence-corrected chi connectivity index (χ0v) is 10.9. The summed E-state index contributed by atoms with van der Waals surface area (Å²) < 4.78 is 24.3. The maximum atomic E-state index is 14.0. The van der Waals surface area contributed by atoms with Gasteiger partial charge in [-0.3, -0.25) is 10.1 Å². The third-order valence-electron chi connectivity index (χ3n) is 3.13. The normalized spacial score (nSPS) is 18.9. The Morgan fingerprint density at radius 1 is 1.65 bits per heavy atom. The number of aliphatic hydroxyl groups excluding tert-OH is 1. The van der Waals surface area contributed by atoms with Crippen molar-refractivity contribution < 1.29 is 23.9 Å². The fraction of sp³-hybridized carbons (Fsp3) is 0.500. The van der Waals surface area contributed by atoms with E-state index < -0.39 is 22.5 Å². The molecule has 0 bridgehead atoms. The van der Waals surface area contributed by atoms with Crippen molar-refractivity contribution in [3.63, 3.8) is 0 Å². The molecule has 1 aromatic rings. The summed E-state index contributed by atoms with van der Waals surface area (Å²) in [6, 6.07) is 2.14. The summed E-state index contributed by atoms with van der Waals surface area (Å²) in [5.74, 6) is -0.700. The van der Waals surface area contributed by atoms with E-state index in [4.69, 9.17) is 14.6 Å². The average molecular weight is 286 g/mol. The summed E-state index contributed by atoms with van der Waals surface area (Å²) in [5, 5.41) is 19.9. The summed E-state index contributed by atoms with van der Waals surface area (Å²) >= 11 is 0. The molecule has 1 heterocycles. The van der Waals surface area contributed by atoms with Crippen molar-refractivity contribution in [2.75, 3.05) is 38.3 Å². The fourth-order valence-electron chi connectivity index (χ4n) is 2.13. The van der Waals surface area contributed by atoms with Gasteiger partial charge in [0.25, 0.3) is 0 Å². The molecule has 0 saturated carbocycles. The number of methoxy groups -OCH3 is 1. The topological polar surface area (TPSA) is 85.1 Å². The molecule has 0 spiro atoms. The number of benzene rings is 1. The van der Waals surface area contributed by atoms with Gasteiger partial charge in [-0.2, -0.15) is 0 Å². The lowest BCUT2D eigenvalue weighted by molar-refractivity contribution is -0.385. The van der Waals surface area contributed by atoms with Crippen LogP contribution in [0.1, 0.15) is 0 Å². The molecule has 2 rings (SSSR count). The number of aliphatic hydroxyl groups is 1. The number of halogens is 1. The number of rotatable bonds is 4. The van der Waals surface area contributed by atoms with Crippen LogP contribution < -0.4 is 9.64 Å². The molecule has 0 aliphatic carbocycles. The van der Waals surface area contributed by atoms with E-state index in [2.05, 4.69) is 0 Å². The van der Waals surface area contributed by atoms with Crippen LogP contribution in [0, 0.1) is 15.9 Å². The number of hydrogen-bond donors (Lipinski definition) is 1. The van der Waals surface area contributed by atoms with Crippen molar-refractivity contribution in [2.24, 2.45) is 0 Å². The Bertz CT molecular complexity index is 511. The summed E-state index contributed by atoms with van der Waals surface area (Å²) in [5.41, 5.74) is -0.213. The van der Waals surface area contributed by atoms with Crippen molar-refractivity contribution in [1.82, 2.24) is 0 Å². The van der Waals surface area contributed by atoms with E-state index in [0.29, 0.717) is 19.7 Å². The molecule has 1 N–H and O–H groups in total. The second kappa shape index (κ2) is 6.02. The molecule has 1 aliphatic rings. The Hall–Kier alpha value is -1.93. The molecule has 0 radical (unpaired) electrons. The van der Waals surface area contributed by atoms with Crippen LogP contribution in [0.3, 0.4) is 0 Å². The zero-order valence-electron chi connectivity index (χ0n) is 10.9. The van der Waals surface area contributed by atoms with Gasteiger partial charge in [0.15, 0.2) is 11.6 Å². The van der Waals surface area contributed by atoms with Crippen molar-refractivity contribution in [2.45, 2.75) is 6.10 Å². The molecule has 1 unspecified atom stereocenters. The maximum Gasteiger partial charge on any atom is 0.313 e. The molecule has 110 valence electrons. The average Bonchev–Trinajstić information content (AvgIpc) is 2.46. The van der Waals surface area contributed by atoms with Gasteiger partial charge in [-0.15, -0.1) is 0 Å². The highest BCUT2D eigenvalue weighted by molar-refractivity contribution is 5.60. The number of nitro benzene ring substituents is 1. The first-order valence-corrected chi connectivity index (χ1v) is 6.06. The van der Waals surface area contributed by atoms with E-state index in [1.807, 2.05) is 0 Å². The number of nitro groups is 1. The quantitative estimate of drug-likeness (QED) is 0.655. The van der Waals surface area contributed by atoms with Gasteiger partial charge in [0, 0.05) is 19.2 Å². The molecular formula is C12H15FN2O5. The summed E-state index contributed by atoms with van der Waals surface area (Å²) in [4.78, 5) is 11.8. The first-order chi connectivity index (χ1) is 9.56. The third kappa shape index (κ3) is 2.81. The molecule has 1 aliphatic heterocycles. The minimum absolute atomic E-state index is 0.00144. The minimum Gasteiger partial charge on any atom is -0.490 e. The van der Waals surface area contributed by atoms with E-state index >= 15 is 0 Å². The van der Waals surface area contributed by atoms with Crippen LogP contribution >= 0.6 is 0 Å². The smallest absolute Gasteiger partial charge is 0.313 e. The number of morpholine rings is 1. The highest BCUT2D eigenvalue weighted by atomic mass is 19.1. The van der Waals surface area contributed by atoms with E-state index in [0.717, 1.165) is 6.07 Å². The number of nitrogens with zero attached hydrogens (tertiary/aromatic N) is 2. The van der Waals surface area contributed by atoms with E-state index in [1.54, 1.807) is 4.90 Å². The van der Waals surface area contributed by atoms with Crippen LogP contribution in [0.15, 0.2) is 12.1 Å². The van der Waals surface area contributed by atoms with Crippen molar-refractivity contribution in [3.05, 3.63) is 28.1 Å². The molecule has 0 aromatic heterocycles. The molecule has 1 saturated heterocycles. The van der Waals surface area contributed by atoms with Crippen molar-refractivity contribution >= 4 is 11.4 Å². The third-order valence-corrected chi connectivity index (χ3v) is 3.13. The first-order valence-electron chi connectivity index (χ1n) is 6.06. The lowest BCUT2D eigenvalue weighted by Gasteiger charge is -2.33. The van der Waals surface area contributed by atoms with E-state index in [1.165, 1.54) is 13.2 Å². The van der Waals surface area contributed by atoms with Crippen LogP contribution in [0.5, 0.6) is 5.75 Å². The van der Waals surface area contributed by atoms with Crippen LogP contribution in [0.4, 0.5) is 15.8 Å². The highest BCUT2D eigenvalue weighted by Crippen LogP contribution is 2.34. The summed E-state index contributed by atoms with van der Waals surface area (Å²) in [7, 11) is 1.29. The minimum atomic E-state index is -0.698. The predicted octanol–water partition coefficient (Wildman–Crippen LogP) is 0.940. The second-order valence-corrected chi connectivity index (χ2v) is 4.35. The molecule has 0 amide bonds. The van der Waals surface area contributed by atoms with Gasteiger partial charge in [-0.05, 0) is 0 Å². The SMILES string of the molecule is COc1cc(N2CCOC(CO)C2)c(F)cc1[N+](=O)[O-]. The Morgan fingerprint density at radius 3 is 3.00 bits per heavy atom. The van der Waals surface area contributed by atoms with Gasteiger partial charge in [-0.25, -0.2) is 4.39 Å². The standard InChI is InChI=1S/C12H15FN2O5/c1-19-12-5-10(9(13)4-11(12)15(17)18)14-2-3-20-8(6-14)7-16/h4-5,8,16H,2-3,6-7H2,1H3. The highest BCUT2D eigenvalue weighted by Gasteiger charge is 2.26. The van der Waals surface area contributed by atoms with Gasteiger partial charge < -0.3 is 19.5 Å². The van der Waals surface area contributed by atoms with Gasteiger partial charge in [0.1, 0.15) is 0 Å².